The van der Waals surface area contributed by atoms with Gasteiger partial charge in [-0.25, -0.2) is 9.38 Å². The summed E-state index contributed by atoms with van der Waals surface area (Å²) in [6, 6.07) is 12.8. The first kappa shape index (κ1) is 14.6. The van der Waals surface area contributed by atoms with Gasteiger partial charge in [-0.05, 0) is 30.7 Å². The minimum atomic E-state index is -0.819. The van der Waals surface area contributed by atoms with Gasteiger partial charge in [-0.2, -0.15) is 5.11 Å². The summed E-state index contributed by atoms with van der Waals surface area (Å²) in [5.74, 6) is 0.0620. The van der Waals surface area contributed by atoms with Crippen LogP contribution in [0.3, 0.4) is 0 Å². The predicted molar refractivity (Wildman–Crippen MR) is 92.5 cm³/mol. The van der Waals surface area contributed by atoms with Gasteiger partial charge in [0.25, 0.3) is 0 Å². The van der Waals surface area contributed by atoms with Crippen molar-refractivity contribution in [3.05, 3.63) is 53.8 Å². The molecule has 1 atom stereocenters. The fourth-order valence-electron chi connectivity index (χ4n) is 3.12. The number of halogens is 1. The van der Waals surface area contributed by atoms with Crippen LogP contribution in [0.1, 0.15) is 18.9 Å². The third-order valence-corrected chi connectivity index (χ3v) is 4.39. The maximum atomic E-state index is 14.2. The van der Waals surface area contributed by atoms with Crippen molar-refractivity contribution in [1.82, 2.24) is 0 Å². The molecule has 3 N–H and O–H groups in total. The van der Waals surface area contributed by atoms with Gasteiger partial charge in [-0.3, -0.25) is 4.90 Å². The summed E-state index contributed by atoms with van der Waals surface area (Å²) in [6.07, 6.45) is 0.616. The Morgan fingerprint density at radius 1 is 1.29 bits per heavy atom. The summed E-state index contributed by atoms with van der Waals surface area (Å²) in [7, 11) is 0. The van der Waals surface area contributed by atoms with E-state index in [-0.39, 0.29) is 5.69 Å². The molecule has 0 saturated heterocycles. The number of fused-ring (bicyclic) bond motifs is 3. The van der Waals surface area contributed by atoms with Crippen LogP contribution >= 0.6 is 0 Å². The summed E-state index contributed by atoms with van der Waals surface area (Å²) in [5.41, 5.74) is 7.49. The SMILES string of the molecule is CCC1(Nc2ccccc2)N=C2N=NCN2c2cc(N)c(F)cc21. The molecule has 0 radical (unpaired) electrons. The third-order valence-electron chi connectivity index (χ3n) is 4.39. The van der Waals surface area contributed by atoms with Crippen molar-refractivity contribution in [1.29, 1.82) is 0 Å². The molecule has 0 aromatic heterocycles. The van der Waals surface area contributed by atoms with E-state index < -0.39 is 11.5 Å². The van der Waals surface area contributed by atoms with E-state index in [2.05, 4.69) is 15.5 Å². The van der Waals surface area contributed by atoms with Crippen LogP contribution in [-0.4, -0.2) is 12.6 Å². The average molecular weight is 324 g/mol. The Labute approximate surface area is 138 Å². The molecule has 122 valence electrons. The Morgan fingerprint density at radius 2 is 2.08 bits per heavy atom. The average Bonchev–Trinajstić information content (AvgIpc) is 3.05. The first-order chi connectivity index (χ1) is 11.6. The van der Waals surface area contributed by atoms with E-state index in [9.17, 15) is 4.39 Å². The van der Waals surface area contributed by atoms with Crippen LogP contribution in [0.4, 0.5) is 21.5 Å². The fraction of sp³-hybridized carbons (Fsp3) is 0.235. The molecule has 4 rings (SSSR count). The van der Waals surface area contributed by atoms with Crippen LogP contribution in [-0.2, 0) is 5.66 Å². The minimum absolute atomic E-state index is 0.103. The number of nitrogens with two attached hydrogens (primary N) is 1. The molecule has 0 spiro atoms. The van der Waals surface area contributed by atoms with Crippen molar-refractivity contribution < 1.29 is 4.39 Å². The number of azo groups is 1. The molecule has 2 aromatic rings. The zero-order valence-corrected chi connectivity index (χ0v) is 13.2. The fourth-order valence-corrected chi connectivity index (χ4v) is 3.12. The Balaban J connectivity index is 1.91. The van der Waals surface area contributed by atoms with E-state index in [1.807, 2.05) is 42.2 Å². The summed E-state index contributed by atoms with van der Waals surface area (Å²) in [4.78, 5) is 6.60. The van der Waals surface area contributed by atoms with Gasteiger partial charge >= 0.3 is 0 Å². The van der Waals surface area contributed by atoms with Crippen molar-refractivity contribution in [3.63, 3.8) is 0 Å². The summed E-state index contributed by atoms with van der Waals surface area (Å²) < 4.78 is 14.2. The molecule has 7 heteroatoms. The topological polar surface area (TPSA) is 78.4 Å². The number of hydrogen-bond acceptors (Lipinski definition) is 6. The highest BCUT2D eigenvalue weighted by Gasteiger charge is 2.41. The van der Waals surface area contributed by atoms with Crippen LogP contribution in [0.15, 0.2) is 57.7 Å². The number of nitrogens with zero attached hydrogens (tertiary/aromatic N) is 4. The highest BCUT2D eigenvalue weighted by molar-refractivity contribution is 6.01. The Kier molecular flexibility index (Phi) is 3.23. The molecule has 2 aliphatic rings. The van der Waals surface area contributed by atoms with Gasteiger partial charge in [0.05, 0.1) is 11.4 Å². The number of para-hydroxylation sites is 1. The second kappa shape index (κ2) is 5.30. The lowest BCUT2D eigenvalue weighted by molar-refractivity contribution is 0.485. The van der Waals surface area contributed by atoms with Gasteiger partial charge in [0.2, 0.25) is 5.96 Å². The zero-order valence-electron chi connectivity index (χ0n) is 13.2. The number of aliphatic imine (C=N–C) groups is 1. The number of benzene rings is 2. The van der Waals surface area contributed by atoms with Crippen LogP contribution in [0.5, 0.6) is 0 Å². The molecule has 24 heavy (non-hydrogen) atoms. The molecule has 0 saturated carbocycles. The molecule has 2 aliphatic heterocycles. The molecular formula is C17H17FN6. The van der Waals surface area contributed by atoms with Crippen LogP contribution in [0.25, 0.3) is 0 Å². The number of anilines is 3. The second-order valence-electron chi connectivity index (χ2n) is 5.82. The lowest BCUT2D eigenvalue weighted by Gasteiger charge is -2.39. The second-order valence-corrected chi connectivity index (χ2v) is 5.82. The van der Waals surface area contributed by atoms with Crippen molar-refractivity contribution in [3.8, 4) is 0 Å². The molecule has 0 amide bonds. The Morgan fingerprint density at radius 3 is 2.83 bits per heavy atom. The molecule has 6 nitrogen and oxygen atoms in total. The Hall–Kier alpha value is -2.96. The lowest BCUT2D eigenvalue weighted by atomic mass is 9.92. The van der Waals surface area contributed by atoms with Gasteiger partial charge in [0.1, 0.15) is 12.5 Å². The monoisotopic (exact) mass is 324 g/mol. The number of nitrogens with one attached hydrogen (secondary N) is 1. The third kappa shape index (κ3) is 2.12. The highest BCUT2D eigenvalue weighted by atomic mass is 19.1. The van der Waals surface area contributed by atoms with Crippen LogP contribution in [0.2, 0.25) is 0 Å². The van der Waals surface area contributed by atoms with E-state index in [1.165, 1.54) is 6.07 Å². The highest BCUT2D eigenvalue weighted by Crippen LogP contribution is 2.43. The quantitative estimate of drug-likeness (QED) is 0.845. The molecule has 0 aliphatic carbocycles. The van der Waals surface area contributed by atoms with Gasteiger partial charge in [0.15, 0.2) is 5.66 Å². The van der Waals surface area contributed by atoms with E-state index in [1.54, 1.807) is 6.07 Å². The van der Waals surface area contributed by atoms with Crippen LogP contribution < -0.4 is 16.0 Å². The van der Waals surface area contributed by atoms with E-state index in [4.69, 9.17) is 10.7 Å². The predicted octanol–water partition coefficient (Wildman–Crippen LogP) is 3.68. The minimum Gasteiger partial charge on any atom is -0.396 e. The maximum absolute atomic E-state index is 14.2. The number of hydrogen-bond donors (Lipinski definition) is 2. The number of rotatable bonds is 3. The smallest absolute Gasteiger partial charge is 0.249 e. The molecule has 0 bridgehead atoms. The van der Waals surface area contributed by atoms with E-state index in [0.29, 0.717) is 19.0 Å². The lowest BCUT2D eigenvalue weighted by Crippen LogP contribution is -2.42. The molecular weight excluding hydrogens is 307 g/mol. The van der Waals surface area contributed by atoms with Crippen molar-refractivity contribution in [2.45, 2.75) is 19.0 Å². The largest absolute Gasteiger partial charge is 0.396 e. The van der Waals surface area contributed by atoms with Crippen molar-refractivity contribution >= 4 is 23.0 Å². The van der Waals surface area contributed by atoms with E-state index in [0.717, 1.165) is 16.9 Å². The normalized spacial score (nSPS) is 21.2. The zero-order chi connectivity index (χ0) is 16.7. The molecule has 2 aromatic carbocycles. The van der Waals surface area contributed by atoms with Gasteiger partial charge in [-0.1, -0.05) is 25.1 Å². The maximum Gasteiger partial charge on any atom is 0.249 e. The van der Waals surface area contributed by atoms with Crippen molar-refractivity contribution in [2.24, 2.45) is 15.2 Å². The van der Waals surface area contributed by atoms with E-state index >= 15 is 0 Å². The van der Waals surface area contributed by atoms with Crippen molar-refractivity contribution in [2.75, 3.05) is 22.6 Å². The number of guanidine groups is 1. The molecule has 0 fully saturated rings. The number of nitrogen functional groups attached to an aromatic ring is 1. The summed E-state index contributed by atoms with van der Waals surface area (Å²) in [6.45, 7) is 2.36. The standard InChI is InChI=1S/C17H17FN6/c1-2-17(21-11-6-4-3-5-7-11)12-8-13(18)14(19)9-15(12)24-10-20-23-16(24)22-17/h3-9,21H,2,10,19H2,1H3. The van der Waals surface area contributed by atoms with Crippen LogP contribution in [0, 0.1) is 5.82 Å². The summed E-state index contributed by atoms with van der Waals surface area (Å²) in [5, 5.41) is 11.6. The molecule has 1 unspecified atom stereocenters. The van der Waals surface area contributed by atoms with Gasteiger partial charge in [0, 0.05) is 11.3 Å². The molecule has 2 heterocycles. The van der Waals surface area contributed by atoms with Gasteiger partial charge in [-0.15, -0.1) is 5.11 Å². The Bertz CT molecular complexity index is 848. The summed E-state index contributed by atoms with van der Waals surface area (Å²) >= 11 is 0. The first-order valence-electron chi connectivity index (χ1n) is 7.80. The first-order valence-corrected chi connectivity index (χ1v) is 7.80. The van der Waals surface area contributed by atoms with Gasteiger partial charge < -0.3 is 11.1 Å².